The summed E-state index contributed by atoms with van der Waals surface area (Å²) in [7, 11) is 0. The van der Waals surface area contributed by atoms with Crippen LogP contribution in [0.5, 0.6) is 0 Å². The summed E-state index contributed by atoms with van der Waals surface area (Å²) in [5.41, 5.74) is 1.41. The first-order valence-electron chi connectivity index (χ1n) is 8.12. The monoisotopic (exact) mass is 383 g/mol. The molecule has 1 atom stereocenters. The molecule has 2 heterocycles. The second kappa shape index (κ2) is 8.33. The third-order valence-electron chi connectivity index (χ3n) is 3.66. The molecule has 0 saturated carbocycles. The lowest BCUT2D eigenvalue weighted by Gasteiger charge is -2.14. The summed E-state index contributed by atoms with van der Waals surface area (Å²) in [5.74, 6) is -0.994. The fourth-order valence-electron chi connectivity index (χ4n) is 2.26. The van der Waals surface area contributed by atoms with Gasteiger partial charge in [-0.1, -0.05) is 12.1 Å². The lowest BCUT2D eigenvalue weighted by molar-refractivity contribution is -0.117. The molecule has 2 aromatic heterocycles. The van der Waals surface area contributed by atoms with Gasteiger partial charge in [0.25, 0.3) is 11.8 Å². The molecule has 3 N–H and O–H groups in total. The average molecular weight is 383 g/mol. The van der Waals surface area contributed by atoms with Crippen molar-refractivity contribution in [1.82, 2.24) is 5.32 Å². The van der Waals surface area contributed by atoms with Crippen molar-refractivity contribution in [3.8, 4) is 0 Å². The first-order valence-corrected chi connectivity index (χ1v) is 9.00. The van der Waals surface area contributed by atoms with Crippen LogP contribution in [0.3, 0.4) is 0 Å². The summed E-state index contributed by atoms with van der Waals surface area (Å²) in [6.07, 6.45) is 2.69. The van der Waals surface area contributed by atoms with Gasteiger partial charge < -0.3 is 20.4 Å². The highest BCUT2D eigenvalue weighted by atomic mass is 32.1. The van der Waals surface area contributed by atoms with Gasteiger partial charge in [-0.15, -0.1) is 11.3 Å². The van der Waals surface area contributed by atoms with Gasteiger partial charge in [-0.05, 0) is 42.6 Å². The number of thiophene rings is 1. The first kappa shape index (κ1) is 18.4. The van der Waals surface area contributed by atoms with Crippen molar-refractivity contribution in [2.45, 2.75) is 13.0 Å². The van der Waals surface area contributed by atoms with Crippen molar-refractivity contribution in [3.63, 3.8) is 0 Å². The van der Waals surface area contributed by atoms with Crippen molar-refractivity contribution in [3.05, 3.63) is 70.8 Å². The summed E-state index contributed by atoms with van der Waals surface area (Å²) in [6.45, 7) is 1.58. The standard InChI is InChI=1S/C19H17N3O4S/c1-12(20-18(24)13-7-8-26-11-13)17(23)21-14-4-2-5-15(10-14)22-19(25)16-6-3-9-27-16/h2-12H,1H3,(H,20,24)(H,21,23)(H,22,25). The number of amides is 3. The fraction of sp³-hybridized carbons (Fsp3) is 0.105. The molecule has 3 amide bonds. The van der Waals surface area contributed by atoms with Gasteiger partial charge in [0.05, 0.1) is 16.7 Å². The Morgan fingerprint density at radius 1 is 1.00 bits per heavy atom. The highest BCUT2D eigenvalue weighted by Crippen LogP contribution is 2.18. The van der Waals surface area contributed by atoms with Gasteiger partial charge in [-0.2, -0.15) is 0 Å². The Hall–Kier alpha value is -3.39. The molecule has 1 aromatic carbocycles. The topological polar surface area (TPSA) is 100 Å². The molecule has 0 aliphatic heterocycles. The zero-order valence-electron chi connectivity index (χ0n) is 14.4. The maximum absolute atomic E-state index is 12.3. The van der Waals surface area contributed by atoms with E-state index in [2.05, 4.69) is 16.0 Å². The maximum atomic E-state index is 12.3. The molecule has 7 nitrogen and oxygen atoms in total. The van der Waals surface area contributed by atoms with Gasteiger partial charge in [0, 0.05) is 11.4 Å². The minimum absolute atomic E-state index is 0.214. The van der Waals surface area contributed by atoms with E-state index in [0.29, 0.717) is 21.8 Å². The molecule has 1 unspecified atom stereocenters. The molecule has 0 saturated heterocycles. The number of hydrogen-bond acceptors (Lipinski definition) is 5. The number of nitrogens with one attached hydrogen (secondary N) is 3. The smallest absolute Gasteiger partial charge is 0.265 e. The SMILES string of the molecule is CC(NC(=O)c1ccoc1)C(=O)Nc1cccc(NC(=O)c2cccs2)c1. The molecule has 0 radical (unpaired) electrons. The van der Waals surface area contributed by atoms with E-state index in [-0.39, 0.29) is 11.8 Å². The van der Waals surface area contributed by atoms with Crippen LogP contribution in [0.4, 0.5) is 11.4 Å². The largest absolute Gasteiger partial charge is 0.472 e. The second-order valence-corrected chi connectivity index (χ2v) is 6.66. The number of benzene rings is 1. The molecule has 8 heteroatoms. The van der Waals surface area contributed by atoms with Crippen molar-refractivity contribution in [1.29, 1.82) is 0 Å². The number of anilines is 2. The zero-order chi connectivity index (χ0) is 19.2. The minimum atomic E-state index is -0.753. The first-order chi connectivity index (χ1) is 13.0. The van der Waals surface area contributed by atoms with E-state index >= 15 is 0 Å². The van der Waals surface area contributed by atoms with Crippen molar-refractivity contribution in [2.24, 2.45) is 0 Å². The Morgan fingerprint density at radius 3 is 2.44 bits per heavy atom. The van der Waals surface area contributed by atoms with Crippen LogP contribution < -0.4 is 16.0 Å². The molecule has 0 aliphatic carbocycles. The third kappa shape index (κ3) is 4.83. The second-order valence-electron chi connectivity index (χ2n) is 5.71. The molecule has 138 valence electrons. The van der Waals surface area contributed by atoms with E-state index in [4.69, 9.17) is 4.42 Å². The van der Waals surface area contributed by atoms with E-state index in [9.17, 15) is 14.4 Å². The quantitative estimate of drug-likeness (QED) is 0.608. The summed E-state index contributed by atoms with van der Waals surface area (Å²) in [4.78, 5) is 37.0. The van der Waals surface area contributed by atoms with Crippen LogP contribution in [0, 0.1) is 0 Å². The Kier molecular flexibility index (Phi) is 5.68. The fourth-order valence-corrected chi connectivity index (χ4v) is 2.88. The highest BCUT2D eigenvalue weighted by Gasteiger charge is 2.17. The average Bonchev–Trinajstić information content (AvgIpc) is 3.35. The molecule has 27 heavy (non-hydrogen) atoms. The number of carbonyl (C=O) groups is 3. The predicted molar refractivity (Wildman–Crippen MR) is 103 cm³/mol. The van der Waals surface area contributed by atoms with Crippen molar-refractivity contribution < 1.29 is 18.8 Å². The lowest BCUT2D eigenvalue weighted by atomic mass is 10.2. The molecular weight excluding hydrogens is 366 g/mol. The van der Waals surface area contributed by atoms with Crippen LogP contribution in [0.1, 0.15) is 27.0 Å². The van der Waals surface area contributed by atoms with E-state index < -0.39 is 11.9 Å². The van der Waals surface area contributed by atoms with Crippen LogP contribution in [-0.4, -0.2) is 23.8 Å². The van der Waals surface area contributed by atoms with Gasteiger partial charge in [-0.3, -0.25) is 14.4 Å². The molecular formula is C19H17N3O4S. The normalized spacial score (nSPS) is 11.4. The summed E-state index contributed by atoms with van der Waals surface area (Å²) < 4.78 is 4.85. The van der Waals surface area contributed by atoms with Crippen molar-refractivity contribution >= 4 is 40.4 Å². The van der Waals surface area contributed by atoms with E-state index in [0.717, 1.165) is 0 Å². The highest BCUT2D eigenvalue weighted by molar-refractivity contribution is 7.12. The van der Waals surface area contributed by atoms with Crippen LogP contribution in [0.25, 0.3) is 0 Å². The molecule has 0 aliphatic rings. The lowest BCUT2D eigenvalue weighted by Crippen LogP contribution is -2.41. The van der Waals surface area contributed by atoms with Crippen LogP contribution in [-0.2, 0) is 4.79 Å². The Balaban J connectivity index is 1.59. The van der Waals surface area contributed by atoms with E-state index in [1.165, 1.54) is 29.9 Å². The summed E-state index contributed by atoms with van der Waals surface area (Å²) in [5, 5.41) is 9.91. The summed E-state index contributed by atoms with van der Waals surface area (Å²) >= 11 is 1.34. The summed E-state index contributed by atoms with van der Waals surface area (Å²) in [6, 6.07) is 11.1. The van der Waals surface area contributed by atoms with Gasteiger partial charge in [0.2, 0.25) is 5.91 Å². The molecule has 0 fully saturated rings. The Labute approximate surface area is 159 Å². The number of carbonyl (C=O) groups excluding carboxylic acids is 3. The van der Waals surface area contributed by atoms with Crippen LogP contribution in [0.2, 0.25) is 0 Å². The molecule has 3 aromatic rings. The van der Waals surface area contributed by atoms with Gasteiger partial charge in [0.15, 0.2) is 0 Å². The molecule has 3 rings (SSSR count). The zero-order valence-corrected chi connectivity index (χ0v) is 15.2. The minimum Gasteiger partial charge on any atom is -0.472 e. The third-order valence-corrected chi connectivity index (χ3v) is 4.53. The van der Waals surface area contributed by atoms with Gasteiger partial charge in [-0.25, -0.2) is 0 Å². The Bertz CT molecular complexity index is 936. The molecule has 0 spiro atoms. The van der Waals surface area contributed by atoms with Crippen LogP contribution in [0.15, 0.2) is 64.8 Å². The van der Waals surface area contributed by atoms with E-state index in [1.54, 1.807) is 43.3 Å². The van der Waals surface area contributed by atoms with E-state index in [1.807, 2.05) is 5.38 Å². The number of rotatable bonds is 6. The van der Waals surface area contributed by atoms with Gasteiger partial charge >= 0.3 is 0 Å². The predicted octanol–water partition coefficient (Wildman–Crippen LogP) is 3.35. The molecule has 0 bridgehead atoms. The van der Waals surface area contributed by atoms with Crippen molar-refractivity contribution in [2.75, 3.05) is 10.6 Å². The Morgan fingerprint density at radius 2 is 1.78 bits per heavy atom. The van der Waals surface area contributed by atoms with Gasteiger partial charge in [0.1, 0.15) is 12.3 Å². The number of hydrogen-bond donors (Lipinski definition) is 3. The van der Waals surface area contributed by atoms with Crippen LogP contribution >= 0.6 is 11.3 Å². The number of furan rings is 1. The maximum Gasteiger partial charge on any atom is 0.265 e.